The first-order valence-electron chi connectivity index (χ1n) is 10.1. The second kappa shape index (κ2) is 8.54. The van der Waals surface area contributed by atoms with Crippen molar-refractivity contribution in [3.05, 3.63) is 70.0 Å². The number of rotatable bonds is 6. The van der Waals surface area contributed by atoms with Crippen LogP contribution >= 0.6 is 22.1 Å². The first-order valence-corrected chi connectivity index (χ1v) is 12.3. The van der Waals surface area contributed by atoms with Crippen molar-refractivity contribution >= 4 is 33.7 Å². The second-order valence-corrected chi connectivity index (χ2v) is 12.0. The van der Waals surface area contributed by atoms with Gasteiger partial charge in [0.25, 0.3) is 0 Å². The summed E-state index contributed by atoms with van der Waals surface area (Å²) in [5, 5.41) is 0.555. The van der Waals surface area contributed by atoms with Gasteiger partial charge in [0, 0.05) is 34.9 Å². The fourth-order valence-electron chi connectivity index (χ4n) is 3.82. The van der Waals surface area contributed by atoms with Crippen LogP contribution in [0.25, 0.3) is 0 Å². The van der Waals surface area contributed by atoms with E-state index in [-0.39, 0.29) is 23.8 Å². The Bertz CT molecular complexity index is 1030. The Morgan fingerprint density at radius 3 is 2.52 bits per heavy atom. The van der Waals surface area contributed by atoms with Crippen LogP contribution in [-0.4, -0.2) is 33.2 Å². The molecular formula is C23H29ClFN3O2S. The molecule has 0 spiro atoms. The van der Waals surface area contributed by atoms with Crippen LogP contribution in [0.4, 0.5) is 4.39 Å². The predicted molar refractivity (Wildman–Crippen MR) is 128 cm³/mol. The normalized spacial score (nSPS) is 27.3. The largest absolute Gasteiger partial charge is 0.386 e. The van der Waals surface area contributed by atoms with Crippen LogP contribution < -0.4 is 10.5 Å². The summed E-state index contributed by atoms with van der Waals surface area (Å²) in [6.07, 6.45) is 0.111. The topological polar surface area (TPSA) is 87.7 Å². The minimum Gasteiger partial charge on any atom is -0.386 e. The lowest BCUT2D eigenvalue weighted by atomic mass is 9.90. The minimum atomic E-state index is -2.43. The summed E-state index contributed by atoms with van der Waals surface area (Å²) >= 11 is 5.89. The van der Waals surface area contributed by atoms with Gasteiger partial charge in [0.05, 0.1) is 10.3 Å². The molecule has 0 amide bonds. The highest BCUT2D eigenvalue weighted by atomic mass is 35.5. The fraction of sp³-hybridized carbons (Fsp3) is 0.391. The molecule has 2 aromatic rings. The van der Waals surface area contributed by atoms with E-state index in [1.165, 1.54) is 6.07 Å². The van der Waals surface area contributed by atoms with Crippen molar-refractivity contribution in [1.29, 1.82) is 0 Å². The Hall–Kier alpha value is -1.93. The number of nitrogens with zero attached hydrogens (tertiary/aromatic N) is 1. The van der Waals surface area contributed by atoms with Crippen LogP contribution in [0.3, 0.4) is 0 Å². The van der Waals surface area contributed by atoms with Crippen LogP contribution in [-0.2, 0) is 12.0 Å². The quantitative estimate of drug-likeness (QED) is 0.519. The Morgan fingerprint density at radius 1 is 1.26 bits per heavy atom. The van der Waals surface area contributed by atoms with E-state index in [4.69, 9.17) is 17.3 Å². The summed E-state index contributed by atoms with van der Waals surface area (Å²) < 4.78 is 28.9. The lowest BCUT2D eigenvalue weighted by molar-refractivity contribution is 0.0993. The van der Waals surface area contributed by atoms with Gasteiger partial charge in [-0.15, -0.1) is 0 Å². The number of carbonyl (C=O) groups excluding carboxylic acids is 1. The van der Waals surface area contributed by atoms with E-state index in [1.807, 2.05) is 20.8 Å². The highest BCUT2D eigenvalue weighted by Crippen LogP contribution is 2.59. The molecule has 2 atom stereocenters. The van der Waals surface area contributed by atoms with Crippen LogP contribution in [0.5, 0.6) is 0 Å². The molecule has 0 bridgehead atoms. The van der Waals surface area contributed by atoms with E-state index in [0.717, 1.165) is 0 Å². The van der Waals surface area contributed by atoms with Gasteiger partial charge in [-0.05, 0) is 62.7 Å². The molecule has 3 rings (SSSR count). The Balaban J connectivity index is 1.98. The number of halogens is 2. The number of hydrogen-bond donors (Lipinski definition) is 3. The second-order valence-electron chi connectivity index (χ2n) is 8.55. The van der Waals surface area contributed by atoms with Crippen molar-refractivity contribution in [2.75, 3.05) is 12.3 Å². The molecule has 31 heavy (non-hydrogen) atoms. The number of aliphatic imine (C=N–C) groups is 1. The summed E-state index contributed by atoms with van der Waals surface area (Å²) in [4.78, 5) is 17.3. The zero-order chi connectivity index (χ0) is 23.0. The van der Waals surface area contributed by atoms with Crippen molar-refractivity contribution in [3.8, 4) is 0 Å². The number of ketones is 1. The smallest absolute Gasteiger partial charge is 0.167 e. The zero-order valence-corrected chi connectivity index (χ0v) is 19.8. The molecule has 0 aromatic heterocycles. The number of hydrogen-bond acceptors (Lipinski definition) is 5. The Labute approximate surface area is 189 Å². The molecule has 168 valence electrons. The molecule has 2 aromatic carbocycles. The van der Waals surface area contributed by atoms with Gasteiger partial charge >= 0.3 is 0 Å². The van der Waals surface area contributed by atoms with Crippen molar-refractivity contribution in [3.63, 3.8) is 0 Å². The Morgan fingerprint density at radius 2 is 1.90 bits per heavy atom. The van der Waals surface area contributed by atoms with Gasteiger partial charge in [-0.25, -0.2) is 4.39 Å². The lowest BCUT2D eigenvalue weighted by Crippen LogP contribution is -2.56. The molecule has 0 fully saturated rings. The lowest BCUT2D eigenvalue weighted by Gasteiger charge is -2.54. The molecule has 1 unspecified atom stereocenters. The van der Waals surface area contributed by atoms with E-state index in [1.54, 1.807) is 43.3 Å². The molecule has 5 nitrogen and oxygen atoms in total. The molecule has 1 heterocycles. The summed E-state index contributed by atoms with van der Waals surface area (Å²) in [5.41, 5.74) is 6.73. The average Bonchev–Trinajstić information content (AvgIpc) is 2.68. The summed E-state index contributed by atoms with van der Waals surface area (Å²) in [6, 6.07) is 11.3. The third-order valence-electron chi connectivity index (χ3n) is 5.84. The standard InChI is InChI=1S/C23H29ClFN3O2S/c1-5-27-31(30)14-23(4,28-21(26)22(31,2)3)18-12-15(6-11-19(18)25)13-20(29)16-7-9-17(24)10-8-16/h6-12,27,30H,5,13-14H2,1-4H3,(H2,26,28)/t23-/m0/s1. The Kier molecular flexibility index (Phi) is 6.54. The van der Waals surface area contributed by atoms with Crippen LogP contribution in [0, 0.1) is 5.82 Å². The van der Waals surface area contributed by atoms with Gasteiger partial charge in [0.15, 0.2) is 5.78 Å². The molecule has 0 radical (unpaired) electrons. The van der Waals surface area contributed by atoms with Crippen LogP contribution in [0.2, 0.25) is 5.02 Å². The summed E-state index contributed by atoms with van der Waals surface area (Å²) in [5.74, 6) is -0.0454. The monoisotopic (exact) mass is 465 g/mol. The number of Topliss-reactive ketones (excluding diaryl/α,β-unsaturated/α-hetero) is 1. The minimum absolute atomic E-state index is 0.0954. The fourth-order valence-corrected chi connectivity index (χ4v) is 6.67. The maximum absolute atomic E-state index is 15.0. The van der Waals surface area contributed by atoms with E-state index < -0.39 is 26.6 Å². The molecule has 4 N–H and O–H groups in total. The van der Waals surface area contributed by atoms with Gasteiger partial charge in [-0.1, -0.05) is 35.1 Å². The van der Waals surface area contributed by atoms with Gasteiger partial charge in [0.2, 0.25) is 0 Å². The van der Waals surface area contributed by atoms with Gasteiger partial charge < -0.3 is 10.3 Å². The predicted octanol–water partition coefficient (Wildman–Crippen LogP) is 5.07. The SMILES string of the molecule is CCNS1(O)C[C@@](C)(c2cc(CC(=O)c3ccc(Cl)cc3)ccc2F)N=C(N)C1(C)C. The summed E-state index contributed by atoms with van der Waals surface area (Å²) in [7, 11) is -2.43. The van der Waals surface area contributed by atoms with Crippen molar-refractivity contribution in [2.45, 2.75) is 44.4 Å². The maximum Gasteiger partial charge on any atom is 0.167 e. The third-order valence-corrected chi connectivity index (χ3v) is 9.74. The molecule has 0 aliphatic carbocycles. The average molecular weight is 466 g/mol. The molecule has 1 aliphatic heterocycles. The molecule has 0 saturated heterocycles. The van der Waals surface area contributed by atoms with Crippen LogP contribution in [0.15, 0.2) is 47.5 Å². The molecule has 1 aliphatic rings. The third kappa shape index (κ3) is 4.51. The number of benzene rings is 2. The first kappa shape index (κ1) is 23.7. The molecular weight excluding hydrogens is 437 g/mol. The number of carbonyl (C=O) groups is 1. The molecule has 0 saturated carbocycles. The molecule has 8 heteroatoms. The van der Waals surface area contributed by atoms with E-state index >= 15 is 0 Å². The van der Waals surface area contributed by atoms with Crippen molar-refractivity contribution in [1.82, 2.24) is 4.72 Å². The van der Waals surface area contributed by atoms with Crippen molar-refractivity contribution < 1.29 is 13.7 Å². The van der Waals surface area contributed by atoms with Crippen LogP contribution in [0.1, 0.15) is 49.2 Å². The van der Waals surface area contributed by atoms with Gasteiger partial charge in [-0.3, -0.25) is 14.5 Å². The number of nitrogens with two attached hydrogens (primary N) is 1. The van der Waals surface area contributed by atoms with Crippen molar-refractivity contribution in [2.24, 2.45) is 10.7 Å². The van der Waals surface area contributed by atoms with E-state index in [2.05, 4.69) is 9.71 Å². The maximum atomic E-state index is 15.0. The van der Waals surface area contributed by atoms with E-state index in [0.29, 0.717) is 28.3 Å². The highest BCUT2D eigenvalue weighted by Gasteiger charge is 2.51. The highest BCUT2D eigenvalue weighted by molar-refractivity contribution is 8.29. The number of amidine groups is 1. The first-order chi connectivity index (χ1) is 14.4. The summed E-state index contributed by atoms with van der Waals surface area (Å²) in [6.45, 7) is 7.93. The number of nitrogens with one attached hydrogen (secondary N) is 1. The van der Waals surface area contributed by atoms with Gasteiger partial charge in [-0.2, -0.15) is 0 Å². The van der Waals surface area contributed by atoms with Gasteiger partial charge in [0.1, 0.15) is 11.7 Å². The zero-order valence-electron chi connectivity index (χ0n) is 18.2. The van der Waals surface area contributed by atoms with E-state index in [9.17, 15) is 13.7 Å².